The molecule has 26 heavy (non-hydrogen) atoms. The van der Waals surface area contributed by atoms with E-state index in [0.29, 0.717) is 37.3 Å². The number of para-hydroxylation sites is 1. The number of benzene rings is 1. The Morgan fingerprint density at radius 3 is 2.65 bits per heavy atom. The Morgan fingerprint density at radius 2 is 1.96 bits per heavy atom. The summed E-state index contributed by atoms with van der Waals surface area (Å²) in [5, 5.41) is 8.64. The van der Waals surface area contributed by atoms with E-state index in [1.807, 2.05) is 32.0 Å². The van der Waals surface area contributed by atoms with Crippen LogP contribution >= 0.6 is 11.8 Å². The molecule has 2 N–H and O–H groups in total. The number of rotatable bonds is 6. The predicted octanol–water partition coefficient (Wildman–Crippen LogP) is 1.14. The number of hydrogen-bond donors (Lipinski definition) is 1. The summed E-state index contributed by atoms with van der Waals surface area (Å²) in [6, 6.07) is 5.98. The van der Waals surface area contributed by atoms with E-state index in [1.165, 1.54) is 16.4 Å². The number of amides is 1. The van der Waals surface area contributed by atoms with Crippen LogP contribution in [-0.4, -0.2) is 57.7 Å². The molecule has 1 aromatic carbocycles. The first kappa shape index (κ1) is 18.5. The smallest absolute Gasteiger partial charge is 0.233 e. The van der Waals surface area contributed by atoms with E-state index < -0.39 is 0 Å². The zero-order valence-corrected chi connectivity index (χ0v) is 15.8. The normalized spacial score (nSPS) is 14.5. The van der Waals surface area contributed by atoms with Crippen LogP contribution in [-0.2, 0) is 16.1 Å². The molecule has 1 fully saturated rings. The number of nitrogen functional groups attached to an aromatic ring is 1. The fourth-order valence-electron chi connectivity index (χ4n) is 2.70. The molecule has 140 valence electrons. The van der Waals surface area contributed by atoms with Crippen molar-refractivity contribution >= 4 is 17.7 Å². The van der Waals surface area contributed by atoms with Gasteiger partial charge in [-0.3, -0.25) is 4.79 Å². The van der Waals surface area contributed by atoms with Gasteiger partial charge in [0.05, 0.1) is 19.0 Å². The Labute approximate surface area is 156 Å². The molecule has 2 heterocycles. The SMILES string of the molecule is Cc1cccc(C)c1OCc1nnc(SCC(=O)N2CCOCC2)n1N. The Morgan fingerprint density at radius 1 is 1.27 bits per heavy atom. The van der Waals surface area contributed by atoms with Crippen LogP contribution in [0, 0.1) is 13.8 Å². The van der Waals surface area contributed by atoms with E-state index in [0.717, 1.165) is 16.9 Å². The van der Waals surface area contributed by atoms with Crippen LogP contribution in [0.4, 0.5) is 0 Å². The average Bonchev–Trinajstić information content (AvgIpc) is 3.00. The van der Waals surface area contributed by atoms with Gasteiger partial charge in [-0.2, -0.15) is 0 Å². The molecule has 0 atom stereocenters. The van der Waals surface area contributed by atoms with Crippen LogP contribution in [0.1, 0.15) is 17.0 Å². The molecule has 0 aliphatic carbocycles. The van der Waals surface area contributed by atoms with Gasteiger partial charge in [0, 0.05) is 13.1 Å². The lowest BCUT2D eigenvalue weighted by molar-refractivity contribution is -0.132. The largest absolute Gasteiger partial charge is 0.485 e. The van der Waals surface area contributed by atoms with Crippen molar-refractivity contribution in [1.82, 2.24) is 19.8 Å². The first-order valence-electron chi connectivity index (χ1n) is 8.43. The topological polar surface area (TPSA) is 95.5 Å². The molecule has 1 amide bonds. The minimum absolute atomic E-state index is 0.0506. The summed E-state index contributed by atoms with van der Waals surface area (Å²) in [7, 11) is 0. The van der Waals surface area contributed by atoms with Crippen molar-refractivity contribution in [2.24, 2.45) is 0 Å². The zero-order chi connectivity index (χ0) is 18.5. The molecule has 1 saturated heterocycles. The number of aromatic nitrogens is 3. The molecule has 9 heteroatoms. The summed E-state index contributed by atoms with van der Waals surface area (Å²) in [4.78, 5) is 14.0. The van der Waals surface area contributed by atoms with Crippen molar-refractivity contribution in [1.29, 1.82) is 0 Å². The minimum atomic E-state index is 0.0506. The number of morpholine rings is 1. The third kappa shape index (κ3) is 4.28. The highest BCUT2D eigenvalue weighted by Crippen LogP contribution is 2.23. The van der Waals surface area contributed by atoms with E-state index >= 15 is 0 Å². The molecule has 3 rings (SSSR count). The van der Waals surface area contributed by atoms with Gasteiger partial charge in [0.2, 0.25) is 11.1 Å². The molecule has 0 unspecified atom stereocenters. The van der Waals surface area contributed by atoms with Gasteiger partial charge in [0.1, 0.15) is 12.4 Å². The third-order valence-electron chi connectivity index (χ3n) is 4.18. The lowest BCUT2D eigenvalue weighted by Crippen LogP contribution is -2.41. The van der Waals surface area contributed by atoms with Crippen LogP contribution in [0.25, 0.3) is 0 Å². The lowest BCUT2D eigenvalue weighted by Gasteiger charge is -2.26. The number of nitrogens with two attached hydrogens (primary N) is 1. The molecule has 2 aromatic rings. The van der Waals surface area contributed by atoms with Gasteiger partial charge in [-0.05, 0) is 25.0 Å². The molecule has 0 radical (unpaired) electrons. The molecule has 0 bridgehead atoms. The summed E-state index contributed by atoms with van der Waals surface area (Å²) >= 11 is 1.27. The highest BCUT2D eigenvalue weighted by atomic mass is 32.2. The summed E-state index contributed by atoms with van der Waals surface area (Å²) in [6.07, 6.45) is 0. The highest BCUT2D eigenvalue weighted by molar-refractivity contribution is 7.99. The fourth-order valence-corrected chi connectivity index (χ4v) is 3.48. The van der Waals surface area contributed by atoms with E-state index in [4.69, 9.17) is 15.3 Å². The van der Waals surface area contributed by atoms with Crippen molar-refractivity contribution in [3.8, 4) is 5.75 Å². The van der Waals surface area contributed by atoms with Gasteiger partial charge in [-0.25, -0.2) is 4.68 Å². The Kier molecular flexibility index (Phi) is 6.00. The van der Waals surface area contributed by atoms with Gasteiger partial charge in [0.15, 0.2) is 5.82 Å². The van der Waals surface area contributed by atoms with E-state index in [-0.39, 0.29) is 18.3 Å². The second kappa shape index (κ2) is 8.41. The molecule has 1 aromatic heterocycles. The van der Waals surface area contributed by atoms with Gasteiger partial charge in [-0.1, -0.05) is 30.0 Å². The summed E-state index contributed by atoms with van der Waals surface area (Å²) in [5.41, 5.74) is 2.11. The van der Waals surface area contributed by atoms with Crippen LogP contribution in [0.15, 0.2) is 23.4 Å². The standard InChI is InChI=1S/C17H23N5O3S/c1-12-4-3-5-13(2)16(12)25-10-14-19-20-17(22(14)18)26-11-15(23)21-6-8-24-9-7-21/h3-5H,6-11,18H2,1-2H3. The molecular weight excluding hydrogens is 354 g/mol. The molecule has 1 aliphatic heterocycles. The number of thioether (sulfide) groups is 1. The monoisotopic (exact) mass is 377 g/mol. The van der Waals surface area contributed by atoms with E-state index in [1.54, 1.807) is 4.90 Å². The maximum absolute atomic E-state index is 12.2. The second-order valence-corrected chi connectivity index (χ2v) is 7.00. The van der Waals surface area contributed by atoms with E-state index in [9.17, 15) is 4.79 Å². The molecule has 0 spiro atoms. The average molecular weight is 377 g/mol. The summed E-state index contributed by atoms with van der Waals surface area (Å²) in [6.45, 7) is 6.63. The highest BCUT2D eigenvalue weighted by Gasteiger charge is 2.19. The zero-order valence-electron chi connectivity index (χ0n) is 15.0. The van der Waals surface area contributed by atoms with Crippen molar-refractivity contribution in [3.63, 3.8) is 0 Å². The summed E-state index contributed by atoms with van der Waals surface area (Å²) < 4.78 is 12.5. The second-order valence-electron chi connectivity index (χ2n) is 6.06. The minimum Gasteiger partial charge on any atom is -0.485 e. The van der Waals surface area contributed by atoms with E-state index in [2.05, 4.69) is 10.2 Å². The van der Waals surface area contributed by atoms with Crippen LogP contribution < -0.4 is 10.6 Å². The van der Waals surface area contributed by atoms with Crippen molar-refractivity contribution < 1.29 is 14.3 Å². The quantitative estimate of drug-likeness (QED) is 0.596. The number of carbonyl (C=O) groups is 1. The Balaban J connectivity index is 1.56. The number of ether oxygens (including phenoxy) is 2. The predicted molar refractivity (Wildman–Crippen MR) is 98.5 cm³/mol. The number of carbonyl (C=O) groups excluding carboxylic acids is 1. The Hall–Kier alpha value is -2.26. The first-order chi connectivity index (χ1) is 12.6. The van der Waals surface area contributed by atoms with Crippen molar-refractivity contribution in [2.45, 2.75) is 25.6 Å². The van der Waals surface area contributed by atoms with Crippen molar-refractivity contribution in [3.05, 3.63) is 35.2 Å². The third-order valence-corrected chi connectivity index (χ3v) is 5.11. The molecule has 1 aliphatic rings. The van der Waals surface area contributed by atoms with Gasteiger partial charge in [0.25, 0.3) is 0 Å². The maximum atomic E-state index is 12.2. The van der Waals surface area contributed by atoms with Gasteiger partial charge < -0.3 is 20.2 Å². The fraction of sp³-hybridized carbons (Fsp3) is 0.471. The maximum Gasteiger partial charge on any atom is 0.233 e. The molecule has 0 saturated carbocycles. The lowest BCUT2D eigenvalue weighted by atomic mass is 10.1. The number of hydrogen-bond acceptors (Lipinski definition) is 7. The van der Waals surface area contributed by atoms with Crippen LogP contribution in [0.2, 0.25) is 0 Å². The first-order valence-corrected chi connectivity index (χ1v) is 9.41. The number of nitrogens with zero attached hydrogens (tertiary/aromatic N) is 4. The van der Waals surface area contributed by atoms with Crippen molar-refractivity contribution in [2.75, 3.05) is 37.9 Å². The van der Waals surface area contributed by atoms with Crippen LogP contribution in [0.5, 0.6) is 5.75 Å². The van der Waals surface area contributed by atoms with Crippen LogP contribution in [0.3, 0.4) is 0 Å². The van der Waals surface area contributed by atoms with Gasteiger partial charge >= 0.3 is 0 Å². The number of aryl methyl sites for hydroxylation is 2. The van der Waals surface area contributed by atoms with Gasteiger partial charge in [-0.15, -0.1) is 10.2 Å². The Bertz CT molecular complexity index is 754. The molecule has 8 nitrogen and oxygen atoms in total. The molecular formula is C17H23N5O3S. The summed E-state index contributed by atoms with van der Waals surface area (Å²) in [5.74, 6) is 7.71.